The first-order valence-corrected chi connectivity index (χ1v) is 15.6. The van der Waals surface area contributed by atoms with Gasteiger partial charge in [-0.3, -0.25) is 9.32 Å². The zero-order valence-electron chi connectivity index (χ0n) is 25.6. The molecule has 1 saturated heterocycles. The van der Waals surface area contributed by atoms with Crippen molar-refractivity contribution < 1.29 is 37.7 Å². The molecular formula is C29H39N6O8P. The van der Waals surface area contributed by atoms with Crippen LogP contribution in [0.25, 0.3) is 5.52 Å². The molecule has 3 heterocycles. The van der Waals surface area contributed by atoms with Crippen LogP contribution in [0.5, 0.6) is 5.75 Å². The molecule has 0 saturated carbocycles. The standard InChI is InChI=1S/C29H39N6O8P/c1-18(39-6)14-40-27(37)19(2)34-44(38,43-21-9-7-20(8-10-21)28(3,4)5)41-15-22-13-25(36)29(16-30,42-22)24-12-11-23-26(31)32-17-33-35(23)24/h7-12,17-19,22,25,36H,13-15H2,1-6H3,(H,34,38)(H2,31,32,33)/t18?,19-,22-,25+,29-,44?/m0/s1. The number of nitrogens with two attached hydrogens (primary N) is 1. The highest BCUT2D eigenvalue weighted by Crippen LogP contribution is 2.47. The number of carbonyl (C=O) groups is 1. The number of methoxy groups -OCH3 is 1. The SMILES string of the molecule is COC(C)COC(=O)[C@H](C)NP(=O)(OC[C@@H]1C[C@@H](O)[C@](C#N)(c2ccc3c(N)ncnn23)O1)Oc1ccc(C(C)(C)C)cc1. The molecule has 4 N–H and O–H groups in total. The van der Waals surface area contributed by atoms with E-state index in [1.165, 1.54) is 24.9 Å². The predicted molar refractivity (Wildman–Crippen MR) is 160 cm³/mol. The summed E-state index contributed by atoms with van der Waals surface area (Å²) in [6.45, 7) is 9.03. The van der Waals surface area contributed by atoms with Gasteiger partial charge in [0.1, 0.15) is 42.4 Å². The fourth-order valence-corrected chi connectivity index (χ4v) is 6.16. The van der Waals surface area contributed by atoms with Crippen LogP contribution in [0.15, 0.2) is 42.7 Å². The second kappa shape index (κ2) is 13.2. The molecule has 44 heavy (non-hydrogen) atoms. The van der Waals surface area contributed by atoms with Gasteiger partial charge in [0.15, 0.2) is 5.82 Å². The van der Waals surface area contributed by atoms with Gasteiger partial charge in [-0.05, 0) is 49.1 Å². The maximum atomic E-state index is 14.1. The first-order valence-electron chi connectivity index (χ1n) is 14.1. The van der Waals surface area contributed by atoms with Crippen LogP contribution in [0.2, 0.25) is 0 Å². The van der Waals surface area contributed by atoms with Gasteiger partial charge in [0.25, 0.3) is 0 Å². The van der Waals surface area contributed by atoms with E-state index < -0.39 is 37.6 Å². The summed E-state index contributed by atoms with van der Waals surface area (Å²) in [7, 11) is -2.77. The normalized spacial score (nSPS) is 23.0. The lowest BCUT2D eigenvalue weighted by Gasteiger charge is -2.26. The van der Waals surface area contributed by atoms with Crippen LogP contribution in [0.4, 0.5) is 5.82 Å². The van der Waals surface area contributed by atoms with Crippen molar-refractivity contribution in [2.45, 2.75) is 76.4 Å². The van der Waals surface area contributed by atoms with Crippen LogP contribution in [-0.2, 0) is 39.1 Å². The van der Waals surface area contributed by atoms with E-state index in [4.69, 9.17) is 29.0 Å². The Hall–Kier alpha value is -3.57. The number of rotatable bonds is 12. The Kier molecular flexibility index (Phi) is 9.99. The number of benzene rings is 1. The number of nitrogen functional groups attached to an aromatic ring is 1. The molecule has 1 fully saturated rings. The van der Waals surface area contributed by atoms with Gasteiger partial charge >= 0.3 is 13.7 Å². The Morgan fingerprint density at radius 2 is 2.00 bits per heavy atom. The first kappa shape index (κ1) is 33.3. The molecule has 1 aliphatic heterocycles. The zero-order valence-corrected chi connectivity index (χ0v) is 26.5. The van der Waals surface area contributed by atoms with Crippen molar-refractivity contribution in [3.63, 3.8) is 0 Å². The number of fused-ring (bicyclic) bond motifs is 1. The largest absolute Gasteiger partial charge is 0.462 e. The Labute approximate surface area is 256 Å². The van der Waals surface area contributed by atoms with Crippen LogP contribution < -0.4 is 15.3 Å². The van der Waals surface area contributed by atoms with Gasteiger partial charge in [0.2, 0.25) is 5.60 Å². The third-order valence-corrected chi connectivity index (χ3v) is 8.92. The number of hydrogen-bond donors (Lipinski definition) is 3. The van der Waals surface area contributed by atoms with E-state index in [0.717, 1.165) is 5.56 Å². The van der Waals surface area contributed by atoms with E-state index in [9.17, 15) is 19.7 Å². The lowest BCUT2D eigenvalue weighted by atomic mass is 9.87. The van der Waals surface area contributed by atoms with E-state index in [1.807, 2.05) is 12.1 Å². The van der Waals surface area contributed by atoms with Crippen LogP contribution in [0.1, 0.15) is 52.3 Å². The minimum absolute atomic E-state index is 0.00330. The minimum Gasteiger partial charge on any atom is -0.462 e. The maximum absolute atomic E-state index is 14.1. The monoisotopic (exact) mass is 630 g/mol. The van der Waals surface area contributed by atoms with Gasteiger partial charge in [-0.25, -0.2) is 14.1 Å². The fourth-order valence-electron chi connectivity index (χ4n) is 4.64. The highest BCUT2D eigenvalue weighted by Gasteiger charge is 2.52. The van der Waals surface area contributed by atoms with E-state index in [1.54, 1.807) is 31.2 Å². The third kappa shape index (κ3) is 7.21. The number of anilines is 1. The smallest absolute Gasteiger partial charge is 0.459 e. The molecule has 0 aliphatic carbocycles. The molecule has 3 aromatic rings. The summed E-state index contributed by atoms with van der Waals surface area (Å²) >= 11 is 0. The number of ether oxygens (including phenoxy) is 3. The molecule has 0 bridgehead atoms. The van der Waals surface area contributed by atoms with Crippen LogP contribution in [0.3, 0.4) is 0 Å². The van der Waals surface area contributed by atoms with Crippen LogP contribution in [-0.4, -0.2) is 70.4 Å². The van der Waals surface area contributed by atoms with Crippen LogP contribution >= 0.6 is 7.75 Å². The number of esters is 1. The number of nitriles is 1. The van der Waals surface area contributed by atoms with E-state index in [2.05, 4.69) is 42.0 Å². The molecule has 4 rings (SSSR count). The van der Waals surface area contributed by atoms with Crippen molar-refractivity contribution in [1.29, 1.82) is 5.26 Å². The van der Waals surface area contributed by atoms with Crippen molar-refractivity contribution in [1.82, 2.24) is 19.7 Å². The van der Waals surface area contributed by atoms with Crippen molar-refractivity contribution in [2.24, 2.45) is 0 Å². The Morgan fingerprint density at radius 1 is 1.30 bits per heavy atom. The molecule has 0 amide bonds. The molecule has 1 aromatic carbocycles. The Balaban J connectivity index is 1.54. The number of nitrogens with zero attached hydrogens (tertiary/aromatic N) is 4. The maximum Gasteiger partial charge on any atom is 0.459 e. The molecule has 2 aromatic heterocycles. The number of aliphatic hydroxyl groups is 1. The van der Waals surface area contributed by atoms with E-state index >= 15 is 0 Å². The predicted octanol–water partition coefficient (Wildman–Crippen LogP) is 3.24. The van der Waals surface area contributed by atoms with Gasteiger partial charge in [-0.1, -0.05) is 32.9 Å². The molecule has 0 radical (unpaired) electrons. The minimum atomic E-state index is -4.26. The molecule has 2 unspecified atom stereocenters. The van der Waals surface area contributed by atoms with Crippen LogP contribution in [0, 0.1) is 11.3 Å². The number of carbonyl (C=O) groups excluding carboxylic acids is 1. The molecule has 14 nitrogen and oxygen atoms in total. The first-order chi connectivity index (χ1) is 20.7. The summed E-state index contributed by atoms with van der Waals surface area (Å²) in [6.07, 6.45) is -1.31. The van der Waals surface area contributed by atoms with Gasteiger partial charge in [0.05, 0.1) is 24.5 Å². The Morgan fingerprint density at radius 3 is 2.64 bits per heavy atom. The zero-order chi connectivity index (χ0) is 32.3. The molecule has 0 spiro atoms. The lowest BCUT2D eigenvalue weighted by Crippen LogP contribution is -2.37. The van der Waals surface area contributed by atoms with E-state index in [0.29, 0.717) is 5.52 Å². The van der Waals surface area contributed by atoms with Crippen molar-refractivity contribution in [3.8, 4) is 11.8 Å². The molecule has 1 aliphatic rings. The topological polar surface area (TPSA) is 193 Å². The average Bonchev–Trinajstić information content (AvgIpc) is 3.56. The summed E-state index contributed by atoms with van der Waals surface area (Å²) in [5.41, 5.74) is 5.71. The third-order valence-electron chi connectivity index (χ3n) is 7.28. The molecule has 238 valence electrons. The second-order valence-corrected chi connectivity index (χ2v) is 13.4. The van der Waals surface area contributed by atoms with Crippen molar-refractivity contribution in [3.05, 3.63) is 54.0 Å². The Bertz CT molecular complexity index is 1550. The van der Waals surface area contributed by atoms with E-state index in [-0.39, 0.29) is 48.4 Å². The highest BCUT2D eigenvalue weighted by atomic mass is 31.2. The van der Waals surface area contributed by atoms with Gasteiger partial charge in [-0.2, -0.15) is 15.4 Å². The summed E-state index contributed by atoms with van der Waals surface area (Å²) in [4.78, 5) is 16.6. The number of aliphatic hydroxyl groups excluding tert-OH is 1. The molecule has 6 atom stereocenters. The fraction of sp³-hybridized carbons (Fsp3) is 0.517. The highest BCUT2D eigenvalue weighted by molar-refractivity contribution is 7.52. The van der Waals surface area contributed by atoms with Gasteiger partial charge in [0, 0.05) is 13.5 Å². The number of aromatic nitrogens is 3. The van der Waals surface area contributed by atoms with Crippen molar-refractivity contribution >= 4 is 25.1 Å². The lowest BCUT2D eigenvalue weighted by molar-refractivity contribution is -0.148. The summed E-state index contributed by atoms with van der Waals surface area (Å²) in [5, 5.41) is 28.0. The average molecular weight is 631 g/mol. The summed E-state index contributed by atoms with van der Waals surface area (Å²) in [5.74, 6) is -0.268. The summed E-state index contributed by atoms with van der Waals surface area (Å²) in [6, 6.07) is 11.2. The van der Waals surface area contributed by atoms with Gasteiger partial charge < -0.3 is 29.6 Å². The number of nitrogens with one attached hydrogen (secondary N) is 1. The molecule has 15 heteroatoms. The number of hydrogen-bond acceptors (Lipinski definition) is 12. The van der Waals surface area contributed by atoms with Gasteiger partial charge in [-0.15, -0.1) is 0 Å². The molecular weight excluding hydrogens is 591 g/mol. The summed E-state index contributed by atoms with van der Waals surface area (Å²) < 4.78 is 43.5. The quantitative estimate of drug-likeness (QED) is 0.195. The second-order valence-electron chi connectivity index (χ2n) is 11.7. The van der Waals surface area contributed by atoms with Crippen molar-refractivity contribution in [2.75, 3.05) is 26.1 Å².